The molecule has 1 aromatic heterocycles. The summed E-state index contributed by atoms with van der Waals surface area (Å²) in [4.78, 5) is 31.2. The summed E-state index contributed by atoms with van der Waals surface area (Å²) in [7, 11) is 0. The van der Waals surface area contributed by atoms with Crippen LogP contribution in [0.2, 0.25) is 0 Å². The maximum absolute atomic E-state index is 12.3. The fourth-order valence-electron chi connectivity index (χ4n) is 2.13. The summed E-state index contributed by atoms with van der Waals surface area (Å²) in [5, 5.41) is 5.45. The molecule has 0 saturated carbocycles. The van der Waals surface area contributed by atoms with Crippen LogP contribution in [0.4, 0.5) is 5.69 Å². The highest BCUT2D eigenvalue weighted by molar-refractivity contribution is 5.95. The quantitative estimate of drug-likeness (QED) is 0.815. The molecular weight excluding hydrogens is 296 g/mol. The van der Waals surface area contributed by atoms with Crippen molar-refractivity contribution in [2.45, 2.75) is 25.5 Å². The van der Waals surface area contributed by atoms with Crippen LogP contribution in [0.25, 0.3) is 0 Å². The van der Waals surface area contributed by atoms with E-state index in [1.807, 2.05) is 0 Å². The molecule has 0 spiro atoms. The molecule has 2 N–H and O–H groups in total. The van der Waals surface area contributed by atoms with Crippen molar-refractivity contribution in [1.29, 1.82) is 0 Å². The first kappa shape index (κ1) is 15.0. The molecule has 1 aliphatic heterocycles. The van der Waals surface area contributed by atoms with Crippen molar-refractivity contribution in [3.8, 4) is 5.75 Å². The van der Waals surface area contributed by atoms with Crippen LogP contribution >= 0.6 is 0 Å². The second-order valence-electron chi connectivity index (χ2n) is 5.25. The molecule has 23 heavy (non-hydrogen) atoms. The van der Waals surface area contributed by atoms with Gasteiger partial charge in [-0.1, -0.05) is 6.07 Å². The summed E-state index contributed by atoms with van der Waals surface area (Å²) < 4.78 is 5.58. The van der Waals surface area contributed by atoms with E-state index in [1.54, 1.807) is 49.8 Å². The van der Waals surface area contributed by atoms with E-state index < -0.39 is 5.92 Å². The summed E-state index contributed by atoms with van der Waals surface area (Å²) in [5.41, 5.74) is 1.23. The molecule has 3 rings (SSSR count). The van der Waals surface area contributed by atoms with Crippen molar-refractivity contribution in [3.63, 3.8) is 0 Å². The van der Waals surface area contributed by atoms with E-state index in [4.69, 9.17) is 4.74 Å². The van der Waals surface area contributed by atoms with Gasteiger partial charge in [0.15, 0.2) is 6.23 Å². The van der Waals surface area contributed by atoms with Crippen LogP contribution in [-0.4, -0.2) is 28.0 Å². The number of β-lactam (4-membered cyclic amide) rings is 1. The smallest absolute Gasteiger partial charge is 0.233 e. The average molecular weight is 312 g/mol. The molecule has 1 fully saturated rings. The number of nitrogens with one attached hydrogen (secondary N) is 2. The van der Waals surface area contributed by atoms with Crippen LogP contribution < -0.4 is 15.4 Å². The molecule has 1 aliphatic rings. The van der Waals surface area contributed by atoms with E-state index in [9.17, 15) is 9.59 Å². The second-order valence-corrected chi connectivity index (χ2v) is 5.25. The number of aromatic nitrogens is 2. The summed E-state index contributed by atoms with van der Waals surface area (Å²) >= 11 is 0. The third-order valence-corrected chi connectivity index (χ3v) is 3.49. The van der Waals surface area contributed by atoms with Crippen molar-refractivity contribution in [1.82, 2.24) is 15.3 Å². The number of hydrogen-bond acceptors (Lipinski definition) is 5. The highest BCUT2D eigenvalue weighted by Crippen LogP contribution is 2.22. The molecule has 2 aromatic rings. The van der Waals surface area contributed by atoms with Crippen molar-refractivity contribution < 1.29 is 14.3 Å². The van der Waals surface area contributed by atoms with Crippen LogP contribution in [0.5, 0.6) is 5.75 Å². The Morgan fingerprint density at radius 3 is 2.96 bits per heavy atom. The van der Waals surface area contributed by atoms with E-state index in [-0.39, 0.29) is 18.0 Å². The third-order valence-electron chi connectivity index (χ3n) is 3.49. The Labute approximate surface area is 133 Å². The molecule has 118 valence electrons. The van der Waals surface area contributed by atoms with Crippen LogP contribution in [0.15, 0.2) is 42.9 Å². The standard InChI is InChI=1S/C16H16N4O3/c1-10(13-9-17-5-6-18-13)16(22)19-11-3-2-4-12(7-11)23-15-8-14(21)20-15/h2-7,9-10,15H,8H2,1H3,(H,19,22)(H,20,21). The Kier molecular flexibility index (Phi) is 4.18. The molecule has 0 bridgehead atoms. The van der Waals surface area contributed by atoms with Gasteiger partial charge in [0.1, 0.15) is 5.75 Å². The SMILES string of the molecule is CC(C(=O)Nc1cccc(OC2CC(=O)N2)c1)c1cnccn1. The van der Waals surface area contributed by atoms with Crippen molar-refractivity contribution in [2.75, 3.05) is 5.32 Å². The maximum atomic E-state index is 12.3. The van der Waals surface area contributed by atoms with E-state index >= 15 is 0 Å². The average Bonchev–Trinajstić information content (AvgIpc) is 2.54. The second kappa shape index (κ2) is 6.43. The van der Waals surface area contributed by atoms with Crippen molar-refractivity contribution in [3.05, 3.63) is 48.5 Å². The molecule has 2 amide bonds. The topological polar surface area (TPSA) is 93.2 Å². The monoisotopic (exact) mass is 312 g/mol. The molecule has 7 nitrogen and oxygen atoms in total. The number of anilines is 1. The zero-order valence-electron chi connectivity index (χ0n) is 12.5. The van der Waals surface area contributed by atoms with Crippen LogP contribution in [-0.2, 0) is 9.59 Å². The lowest BCUT2D eigenvalue weighted by Gasteiger charge is -2.27. The number of carbonyl (C=O) groups is 2. The van der Waals surface area contributed by atoms with Gasteiger partial charge >= 0.3 is 0 Å². The molecule has 7 heteroatoms. The number of amides is 2. The van der Waals surface area contributed by atoms with Gasteiger partial charge in [0.25, 0.3) is 0 Å². The normalized spacial score (nSPS) is 17.6. The first-order valence-corrected chi connectivity index (χ1v) is 7.24. The molecule has 0 aliphatic carbocycles. The van der Waals surface area contributed by atoms with Crippen LogP contribution in [0, 0.1) is 0 Å². The Morgan fingerprint density at radius 2 is 2.26 bits per heavy atom. The van der Waals surface area contributed by atoms with Gasteiger partial charge in [-0.2, -0.15) is 0 Å². The predicted molar refractivity (Wildman–Crippen MR) is 82.7 cm³/mol. The fourth-order valence-corrected chi connectivity index (χ4v) is 2.13. The molecule has 1 aromatic carbocycles. The van der Waals surface area contributed by atoms with Gasteiger partial charge in [-0.05, 0) is 19.1 Å². The van der Waals surface area contributed by atoms with E-state index in [2.05, 4.69) is 20.6 Å². The zero-order valence-corrected chi connectivity index (χ0v) is 12.5. The maximum Gasteiger partial charge on any atom is 0.233 e. The van der Waals surface area contributed by atoms with Gasteiger partial charge in [0.05, 0.1) is 18.0 Å². The summed E-state index contributed by atoms with van der Waals surface area (Å²) in [5.74, 6) is -0.0454. The summed E-state index contributed by atoms with van der Waals surface area (Å²) in [6, 6.07) is 7.03. The number of benzene rings is 1. The lowest BCUT2D eigenvalue weighted by molar-refractivity contribution is -0.134. The minimum absolute atomic E-state index is 0.0303. The minimum Gasteiger partial charge on any atom is -0.470 e. The number of nitrogens with zero attached hydrogens (tertiary/aromatic N) is 2. The zero-order chi connectivity index (χ0) is 16.2. The highest BCUT2D eigenvalue weighted by atomic mass is 16.5. The first-order chi connectivity index (χ1) is 11.1. The molecule has 2 heterocycles. The molecule has 0 radical (unpaired) electrons. The van der Waals surface area contributed by atoms with Crippen molar-refractivity contribution in [2.24, 2.45) is 0 Å². The van der Waals surface area contributed by atoms with Gasteiger partial charge in [-0.15, -0.1) is 0 Å². The minimum atomic E-state index is -0.417. The largest absolute Gasteiger partial charge is 0.470 e. The van der Waals surface area contributed by atoms with Crippen LogP contribution in [0.1, 0.15) is 25.0 Å². The van der Waals surface area contributed by atoms with Gasteiger partial charge in [-0.25, -0.2) is 0 Å². The molecule has 2 unspecified atom stereocenters. The van der Waals surface area contributed by atoms with Gasteiger partial charge in [0.2, 0.25) is 11.8 Å². The Bertz CT molecular complexity index is 712. The van der Waals surface area contributed by atoms with Gasteiger partial charge in [-0.3, -0.25) is 19.6 Å². The predicted octanol–water partition coefficient (Wildman–Crippen LogP) is 1.44. The number of carbonyl (C=O) groups excluding carboxylic acids is 2. The lowest BCUT2D eigenvalue weighted by atomic mass is 10.1. The van der Waals surface area contributed by atoms with Crippen LogP contribution in [0.3, 0.4) is 0 Å². The lowest BCUT2D eigenvalue weighted by Crippen LogP contribution is -2.51. The summed E-state index contributed by atoms with van der Waals surface area (Å²) in [6.07, 6.45) is 4.74. The fraction of sp³-hybridized carbons (Fsp3) is 0.250. The van der Waals surface area contributed by atoms with Gasteiger partial charge < -0.3 is 15.4 Å². The molecule has 2 atom stereocenters. The number of hydrogen-bond donors (Lipinski definition) is 2. The summed E-state index contributed by atoms with van der Waals surface area (Å²) in [6.45, 7) is 1.77. The Balaban J connectivity index is 1.63. The van der Waals surface area contributed by atoms with Crippen molar-refractivity contribution >= 4 is 17.5 Å². The van der Waals surface area contributed by atoms with E-state index in [0.717, 1.165) is 0 Å². The number of rotatable bonds is 5. The third kappa shape index (κ3) is 3.63. The molecular formula is C16H16N4O3. The highest BCUT2D eigenvalue weighted by Gasteiger charge is 2.26. The first-order valence-electron chi connectivity index (χ1n) is 7.24. The Hall–Kier alpha value is -2.96. The van der Waals surface area contributed by atoms with E-state index in [1.165, 1.54) is 0 Å². The van der Waals surface area contributed by atoms with E-state index in [0.29, 0.717) is 23.6 Å². The Morgan fingerprint density at radius 1 is 1.43 bits per heavy atom. The van der Waals surface area contributed by atoms with Gasteiger partial charge in [0, 0.05) is 30.3 Å². The number of ether oxygens (including phenoxy) is 1. The molecule has 1 saturated heterocycles.